The molecular weight excluding hydrogens is 377 g/mol. The molecule has 1 aliphatic heterocycles. The minimum absolute atomic E-state index is 0.190. The van der Waals surface area contributed by atoms with E-state index in [4.69, 9.17) is 4.74 Å². The standard InChI is InChI=1S/C23H29F3N2O/c1-3-29-22(19-9-11-20(12-10-19)23(24,25)26)13-14-27-15-16-28(18(2)17-27)21-7-5-4-6-8-21/h4-12,18,22H,3,13-17H2,1-2H3. The van der Waals surface area contributed by atoms with Crippen molar-refractivity contribution in [3.8, 4) is 0 Å². The highest BCUT2D eigenvalue weighted by Crippen LogP contribution is 2.31. The molecule has 158 valence electrons. The molecule has 0 aliphatic carbocycles. The molecule has 2 aromatic carbocycles. The van der Waals surface area contributed by atoms with E-state index in [9.17, 15) is 13.2 Å². The maximum absolute atomic E-state index is 12.8. The van der Waals surface area contributed by atoms with Gasteiger partial charge in [0.25, 0.3) is 0 Å². The number of piperazine rings is 1. The van der Waals surface area contributed by atoms with Gasteiger partial charge in [0.15, 0.2) is 0 Å². The third-order valence-corrected chi connectivity index (χ3v) is 5.48. The second kappa shape index (κ2) is 9.63. The number of benzene rings is 2. The van der Waals surface area contributed by atoms with Crippen molar-refractivity contribution in [3.63, 3.8) is 0 Å². The Hall–Kier alpha value is -2.05. The van der Waals surface area contributed by atoms with Crippen molar-refractivity contribution in [1.82, 2.24) is 4.90 Å². The molecule has 0 amide bonds. The molecule has 2 aromatic rings. The van der Waals surface area contributed by atoms with Crippen LogP contribution in [0.15, 0.2) is 54.6 Å². The Balaban J connectivity index is 1.57. The second-order valence-electron chi connectivity index (χ2n) is 7.53. The summed E-state index contributed by atoms with van der Waals surface area (Å²) in [6.07, 6.45) is -3.74. The van der Waals surface area contributed by atoms with Crippen molar-refractivity contribution in [3.05, 3.63) is 65.7 Å². The van der Waals surface area contributed by atoms with Gasteiger partial charge in [-0.1, -0.05) is 30.3 Å². The van der Waals surface area contributed by atoms with E-state index in [1.807, 2.05) is 13.0 Å². The van der Waals surface area contributed by atoms with E-state index in [0.29, 0.717) is 12.6 Å². The second-order valence-corrected chi connectivity index (χ2v) is 7.53. The van der Waals surface area contributed by atoms with E-state index >= 15 is 0 Å². The summed E-state index contributed by atoms with van der Waals surface area (Å²) in [5, 5.41) is 0. The summed E-state index contributed by atoms with van der Waals surface area (Å²) in [7, 11) is 0. The molecule has 0 N–H and O–H groups in total. The maximum atomic E-state index is 12.8. The molecule has 0 bridgehead atoms. The Labute approximate surface area is 171 Å². The summed E-state index contributed by atoms with van der Waals surface area (Å²) >= 11 is 0. The number of hydrogen-bond donors (Lipinski definition) is 0. The fraction of sp³-hybridized carbons (Fsp3) is 0.478. The van der Waals surface area contributed by atoms with Gasteiger partial charge in [0, 0.05) is 44.5 Å². The first-order valence-electron chi connectivity index (χ1n) is 10.2. The number of anilines is 1. The van der Waals surface area contributed by atoms with Gasteiger partial charge in [-0.2, -0.15) is 13.2 Å². The van der Waals surface area contributed by atoms with Gasteiger partial charge in [0.1, 0.15) is 0 Å². The topological polar surface area (TPSA) is 15.7 Å². The van der Waals surface area contributed by atoms with E-state index < -0.39 is 11.7 Å². The van der Waals surface area contributed by atoms with Crippen molar-refractivity contribution in [2.24, 2.45) is 0 Å². The summed E-state index contributed by atoms with van der Waals surface area (Å²) in [6, 6.07) is 16.2. The Bertz CT molecular complexity index is 749. The molecule has 6 heteroatoms. The van der Waals surface area contributed by atoms with Crippen LogP contribution in [0.25, 0.3) is 0 Å². The Morgan fingerprint density at radius 3 is 2.31 bits per heavy atom. The van der Waals surface area contributed by atoms with E-state index in [1.54, 1.807) is 12.1 Å². The molecule has 2 atom stereocenters. The van der Waals surface area contributed by atoms with Crippen molar-refractivity contribution in [2.75, 3.05) is 37.7 Å². The van der Waals surface area contributed by atoms with E-state index in [2.05, 4.69) is 41.0 Å². The third kappa shape index (κ3) is 5.73. The molecule has 0 spiro atoms. The first-order valence-corrected chi connectivity index (χ1v) is 10.2. The zero-order valence-electron chi connectivity index (χ0n) is 17.0. The van der Waals surface area contributed by atoms with Crippen LogP contribution in [0, 0.1) is 0 Å². The lowest BCUT2D eigenvalue weighted by Crippen LogP contribution is -2.52. The van der Waals surface area contributed by atoms with Gasteiger partial charge in [0.2, 0.25) is 0 Å². The van der Waals surface area contributed by atoms with Crippen LogP contribution < -0.4 is 4.90 Å². The minimum atomic E-state index is -4.31. The molecule has 1 saturated heterocycles. The predicted octanol–water partition coefficient (Wildman–Crippen LogP) is 5.38. The minimum Gasteiger partial charge on any atom is -0.374 e. The molecule has 3 nitrogen and oxygen atoms in total. The van der Waals surface area contributed by atoms with Crippen molar-refractivity contribution >= 4 is 5.69 Å². The van der Waals surface area contributed by atoms with E-state index in [-0.39, 0.29) is 6.10 Å². The summed E-state index contributed by atoms with van der Waals surface area (Å²) in [5.41, 5.74) is 1.43. The average molecular weight is 406 g/mol. The largest absolute Gasteiger partial charge is 0.416 e. The normalized spacial score (nSPS) is 19.3. The van der Waals surface area contributed by atoms with Crippen molar-refractivity contribution in [2.45, 2.75) is 38.6 Å². The fourth-order valence-corrected chi connectivity index (χ4v) is 3.97. The molecule has 29 heavy (non-hydrogen) atoms. The van der Waals surface area contributed by atoms with E-state index in [0.717, 1.165) is 50.3 Å². The zero-order valence-corrected chi connectivity index (χ0v) is 17.0. The fourth-order valence-electron chi connectivity index (χ4n) is 3.97. The number of hydrogen-bond acceptors (Lipinski definition) is 3. The lowest BCUT2D eigenvalue weighted by molar-refractivity contribution is -0.137. The smallest absolute Gasteiger partial charge is 0.374 e. The number of nitrogens with zero attached hydrogens (tertiary/aromatic N) is 2. The Morgan fingerprint density at radius 2 is 1.72 bits per heavy atom. The van der Waals surface area contributed by atoms with Gasteiger partial charge in [-0.15, -0.1) is 0 Å². The van der Waals surface area contributed by atoms with Crippen LogP contribution in [-0.2, 0) is 10.9 Å². The highest BCUT2D eigenvalue weighted by atomic mass is 19.4. The average Bonchev–Trinajstić information content (AvgIpc) is 2.71. The number of rotatable bonds is 7. The number of halogens is 3. The molecule has 0 saturated carbocycles. The predicted molar refractivity (Wildman–Crippen MR) is 110 cm³/mol. The highest BCUT2D eigenvalue weighted by molar-refractivity contribution is 5.47. The lowest BCUT2D eigenvalue weighted by atomic mass is 10.0. The van der Waals surface area contributed by atoms with Crippen molar-refractivity contribution < 1.29 is 17.9 Å². The van der Waals surface area contributed by atoms with Crippen molar-refractivity contribution in [1.29, 1.82) is 0 Å². The quantitative estimate of drug-likeness (QED) is 0.614. The molecule has 1 heterocycles. The van der Waals surface area contributed by atoms with Crippen LogP contribution in [0.2, 0.25) is 0 Å². The summed E-state index contributed by atoms with van der Waals surface area (Å²) in [4.78, 5) is 4.84. The number of alkyl halides is 3. The van der Waals surface area contributed by atoms with Gasteiger partial charge >= 0.3 is 6.18 Å². The first kappa shape index (κ1) is 21.7. The summed E-state index contributed by atoms with van der Waals surface area (Å²) < 4.78 is 44.3. The van der Waals surface area contributed by atoms with Gasteiger partial charge in [0.05, 0.1) is 11.7 Å². The molecular formula is C23H29F3N2O. The zero-order chi connectivity index (χ0) is 20.9. The van der Waals surface area contributed by atoms with Gasteiger partial charge < -0.3 is 9.64 Å². The van der Waals surface area contributed by atoms with Crippen LogP contribution in [-0.4, -0.2) is 43.7 Å². The molecule has 0 radical (unpaired) electrons. The van der Waals surface area contributed by atoms with Gasteiger partial charge in [-0.3, -0.25) is 4.90 Å². The van der Waals surface area contributed by atoms with Crippen LogP contribution in [0.4, 0.5) is 18.9 Å². The summed E-state index contributed by atoms with van der Waals surface area (Å²) in [6.45, 7) is 8.42. The summed E-state index contributed by atoms with van der Waals surface area (Å²) in [5.74, 6) is 0. The number of ether oxygens (including phenoxy) is 1. The lowest BCUT2D eigenvalue weighted by Gasteiger charge is -2.41. The Morgan fingerprint density at radius 1 is 1.03 bits per heavy atom. The first-order chi connectivity index (χ1) is 13.9. The Kier molecular flexibility index (Phi) is 7.19. The molecule has 1 aliphatic rings. The maximum Gasteiger partial charge on any atom is 0.416 e. The third-order valence-electron chi connectivity index (χ3n) is 5.48. The molecule has 1 fully saturated rings. The highest BCUT2D eigenvalue weighted by Gasteiger charge is 2.30. The van der Waals surface area contributed by atoms with Crippen LogP contribution in [0.3, 0.4) is 0 Å². The molecule has 2 unspecified atom stereocenters. The number of para-hydroxylation sites is 1. The van der Waals surface area contributed by atoms with Gasteiger partial charge in [-0.05, 0) is 50.1 Å². The van der Waals surface area contributed by atoms with Crippen LogP contribution in [0.1, 0.15) is 37.5 Å². The van der Waals surface area contributed by atoms with E-state index in [1.165, 1.54) is 5.69 Å². The SMILES string of the molecule is CCOC(CCN1CCN(c2ccccc2)C(C)C1)c1ccc(C(F)(F)F)cc1. The van der Waals surface area contributed by atoms with Crippen LogP contribution in [0.5, 0.6) is 0 Å². The molecule has 3 rings (SSSR count). The monoisotopic (exact) mass is 406 g/mol. The molecule has 0 aromatic heterocycles. The van der Waals surface area contributed by atoms with Gasteiger partial charge in [-0.25, -0.2) is 0 Å². The van der Waals surface area contributed by atoms with Crippen LogP contribution >= 0.6 is 0 Å².